The van der Waals surface area contributed by atoms with E-state index in [1.807, 2.05) is 24.3 Å². The lowest BCUT2D eigenvalue weighted by Crippen LogP contribution is -2.24. The van der Waals surface area contributed by atoms with Gasteiger partial charge in [0.25, 0.3) is 0 Å². The van der Waals surface area contributed by atoms with Crippen molar-refractivity contribution in [1.82, 2.24) is 15.0 Å². The maximum absolute atomic E-state index is 6.89. The van der Waals surface area contributed by atoms with Gasteiger partial charge in [0, 0.05) is 33.9 Å². The average Bonchev–Trinajstić information content (AvgIpc) is 3.78. The van der Waals surface area contributed by atoms with E-state index >= 15 is 0 Å². The molecule has 0 saturated heterocycles. The molecule has 5 nitrogen and oxygen atoms in total. The molecule has 2 aliphatic rings. The van der Waals surface area contributed by atoms with Crippen LogP contribution in [0.5, 0.6) is 5.75 Å². The molecule has 10 rings (SSSR count). The number of aromatic nitrogens is 3. The van der Waals surface area contributed by atoms with E-state index in [1.54, 1.807) is 4.80 Å². The van der Waals surface area contributed by atoms with E-state index in [-0.39, 0.29) is 12.0 Å². The van der Waals surface area contributed by atoms with Crippen molar-refractivity contribution >= 4 is 44.0 Å². The Hall–Kier alpha value is -6.46. The summed E-state index contributed by atoms with van der Waals surface area (Å²) in [4.78, 5) is 4.01. The third-order valence-corrected chi connectivity index (χ3v) is 9.79. The van der Waals surface area contributed by atoms with E-state index < -0.39 is 0 Å². The maximum Gasteiger partial charge on any atom is 0.132 e. The van der Waals surface area contributed by atoms with Crippen molar-refractivity contribution in [3.8, 4) is 22.6 Å². The van der Waals surface area contributed by atoms with Crippen molar-refractivity contribution in [1.29, 1.82) is 0 Å². The lowest BCUT2D eigenvalue weighted by Gasteiger charge is -2.30. The third kappa shape index (κ3) is 4.54. The highest BCUT2D eigenvalue weighted by Gasteiger charge is 2.37. The lowest BCUT2D eigenvalue weighted by molar-refractivity contribution is 0.270. The highest BCUT2D eigenvalue weighted by Crippen LogP contribution is 2.51. The van der Waals surface area contributed by atoms with Gasteiger partial charge in [-0.2, -0.15) is 4.80 Å². The van der Waals surface area contributed by atoms with Crippen LogP contribution in [0.25, 0.3) is 49.4 Å². The zero-order valence-corrected chi connectivity index (χ0v) is 26.5. The second-order valence-electron chi connectivity index (χ2n) is 12.6. The van der Waals surface area contributed by atoms with E-state index in [4.69, 9.17) is 14.9 Å². The lowest BCUT2D eigenvalue weighted by atomic mass is 9.85. The standard InChI is InChI=1S/C44H30N4O/c1-2-10-29(11-3-1)30-18-20-31(21-19-30)47(32-22-24-33(25-23-32)48-45-40-16-8-9-17-41(40)46-48)34-26-27-39-42(28-34)49-44-38-15-7-5-13-36(38)35-12-4-6-14-37(35)43(39)44/h1-28,39,42H. The monoisotopic (exact) mass is 630 g/mol. The van der Waals surface area contributed by atoms with Crippen LogP contribution in [-0.2, 0) is 0 Å². The number of benzene rings is 7. The topological polar surface area (TPSA) is 43.2 Å². The molecule has 5 heteroatoms. The average molecular weight is 631 g/mol. The van der Waals surface area contributed by atoms with Crippen LogP contribution in [0.2, 0.25) is 0 Å². The van der Waals surface area contributed by atoms with Crippen LogP contribution < -0.4 is 9.64 Å². The molecule has 0 amide bonds. The molecule has 7 aromatic carbocycles. The van der Waals surface area contributed by atoms with Crippen LogP contribution in [0.4, 0.5) is 11.4 Å². The van der Waals surface area contributed by atoms with E-state index in [2.05, 4.69) is 151 Å². The Morgan fingerprint density at radius 1 is 0.531 bits per heavy atom. The fourth-order valence-electron chi connectivity index (χ4n) is 7.48. The summed E-state index contributed by atoms with van der Waals surface area (Å²) in [6, 6.07) is 53.0. The molecular formula is C44H30N4O. The number of anilines is 2. The van der Waals surface area contributed by atoms with E-state index in [1.165, 1.54) is 32.8 Å². The first kappa shape index (κ1) is 27.6. The number of hydrogen-bond acceptors (Lipinski definition) is 4. The van der Waals surface area contributed by atoms with Gasteiger partial charge in [0.1, 0.15) is 22.9 Å². The molecule has 0 radical (unpaired) electrons. The van der Waals surface area contributed by atoms with Gasteiger partial charge in [0.2, 0.25) is 0 Å². The predicted molar refractivity (Wildman–Crippen MR) is 199 cm³/mol. The Balaban J connectivity index is 1.06. The summed E-state index contributed by atoms with van der Waals surface area (Å²) in [5.74, 6) is 1.12. The van der Waals surface area contributed by atoms with Gasteiger partial charge in [-0.3, -0.25) is 0 Å². The van der Waals surface area contributed by atoms with Crippen molar-refractivity contribution in [2.45, 2.75) is 12.0 Å². The molecule has 0 fully saturated rings. The number of allylic oxidation sites excluding steroid dienone is 1. The number of fused-ring (bicyclic) bond motifs is 9. The number of ether oxygens (including phenoxy) is 1. The minimum atomic E-state index is -0.129. The Morgan fingerprint density at radius 3 is 1.78 bits per heavy atom. The van der Waals surface area contributed by atoms with Crippen molar-refractivity contribution in [2.75, 3.05) is 4.90 Å². The smallest absolute Gasteiger partial charge is 0.132 e. The second kappa shape index (κ2) is 11.1. The molecule has 2 unspecified atom stereocenters. The summed E-state index contributed by atoms with van der Waals surface area (Å²) in [7, 11) is 0. The largest absolute Gasteiger partial charge is 0.484 e. The first-order chi connectivity index (χ1) is 24.3. The Kier molecular flexibility index (Phi) is 6.24. The van der Waals surface area contributed by atoms with E-state index in [0.29, 0.717) is 0 Å². The minimum Gasteiger partial charge on any atom is -0.484 e. The van der Waals surface area contributed by atoms with Crippen LogP contribution in [0.1, 0.15) is 11.5 Å². The first-order valence-electron chi connectivity index (χ1n) is 16.7. The SMILES string of the molecule is C1=CC2c3c(c4ccccc4c4ccccc34)OC2C=C1N(c1ccc(-c2ccccc2)cc1)c1ccc(-n2nc3ccccc3n2)cc1. The third-order valence-electron chi connectivity index (χ3n) is 9.79. The zero-order chi connectivity index (χ0) is 32.3. The molecular weight excluding hydrogens is 601 g/mol. The van der Waals surface area contributed by atoms with Crippen molar-refractivity contribution in [3.63, 3.8) is 0 Å². The number of nitrogens with zero attached hydrogens (tertiary/aromatic N) is 4. The Bertz CT molecular complexity index is 2550. The van der Waals surface area contributed by atoms with Gasteiger partial charge < -0.3 is 9.64 Å². The zero-order valence-electron chi connectivity index (χ0n) is 26.5. The van der Waals surface area contributed by atoms with Crippen LogP contribution in [0.15, 0.2) is 176 Å². The van der Waals surface area contributed by atoms with Gasteiger partial charge in [-0.15, -0.1) is 10.2 Å². The summed E-state index contributed by atoms with van der Waals surface area (Å²) < 4.78 is 6.89. The molecule has 2 heterocycles. The van der Waals surface area contributed by atoms with Crippen LogP contribution in [-0.4, -0.2) is 21.1 Å². The summed E-state index contributed by atoms with van der Waals surface area (Å²) in [5, 5.41) is 14.3. The van der Waals surface area contributed by atoms with Crippen molar-refractivity contribution in [3.05, 3.63) is 181 Å². The molecule has 0 spiro atoms. The maximum atomic E-state index is 6.89. The molecule has 1 aliphatic carbocycles. The highest BCUT2D eigenvalue weighted by molar-refractivity contribution is 6.13. The molecule has 49 heavy (non-hydrogen) atoms. The second-order valence-corrected chi connectivity index (χ2v) is 12.6. The van der Waals surface area contributed by atoms with Gasteiger partial charge >= 0.3 is 0 Å². The summed E-state index contributed by atoms with van der Waals surface area (Å²) in [5.41, 5.74) is 9.46. The fraction of sp³-hybridized carbons (Fsp3) is 0.0455. The minimum absolute atomic E-state index is 0.123. The van der Waals surface area contributed by atoms with Crippen molar-refractivity contribution < 1.29 is 4.74 Å². The summed E-state index contributed by atoms with van der Waals surface area (Å²) in [6.45, 7) is 0. The van der Waals surface area contributed by atoms with Gasteiger partial charge in [-0.05, 0) is 88.0 Å². The quantitative estimate of drug-likeness (QED) is 0.178. The normalized spacial score (nSPS) is 16.4. The molecule has 0 saturated carbocycles. The highest BCUT2D eigenvalue weighted by atomic mass is 16.5. The Labute approximate surface area is 283 Å². The van der Waals surface area contributed by atoms with E-state index in [9.17, 15) is 0 Å². The van der Waals surface area contributed by atoms with E-state index in [0.717, 1.165) is 44.9 Å². The molecule has 2 atom stereocenters. The first-order valence-corrected chi connectivity index (χ1v) is 16.7. The fourth-order valence-corrected chi connectivity index (χ4v) is 7.48. The van der Waals surface area contributed by atoms with Gasteiger partial charge in [0.05, 0.1) is 5.69 Å². The predicted octanol–water partition coefficient (Wildman–Crippen LogP) is 10.5. The van der Waals surface area contributed by atoms with Crippen LogP contribution in [0, 0.1) is 0 Å². The molecule has 1 aromatic heterocycles. The van der Waals surface area contributed by atoms with Crippen LogP contribution in [0.3, 0.4) is 0 Å². The molecule has 232 valence electrons. The van der Waals surface area contributed by atoms with Crippen LogP contribution >= 0.6 is 0 Å². The van der Waals surface area contributed by atoms with Gasteiger partial charge in [-0.25, -0.2) is 0 Å². The molecule has 1 aliphatic heterocycles. The summed E-state index contributed by atoms with van der Waals surface area (Å²) in [6.07, 6.45) is 6.74. The van der Waals surface area contributed by atoms with Gasteiger partial charge in [0.15, 0.2) is 0 Å². The molecule has 0 bridgehead atoms. The number of rotatable bonds is 5. The van der Waals surface area contributed by atoms with Gasteiger partial charge in [-0.1, -0.05) is 109 Å². The molecule has 8 aromatic rings. The van der Waals surface area contributed by atoms with Crippen molar-refractivity contribution in [2.24, 2.45) is 0 Å². The molecule has 0 N–H and O–H groups in total. The Morgan fingerprint density at radius 2 is 1.08 bits per heavy atom. The number of hydrogen-bond donors (Lipinski definition) is 0. The summed E-state index contributed by atoms with van der Waals surface area (Å²) >= 11 is 0.